The number of hydrogen-bond acceptors (Lipinski definition) is 13. The Hall–Kier alpha value is -1.04. The molecule has 2 heterocycles. The summed E-state index contributed by atoms with van der Waals surface area (Å²) >= 11 is 0. The second-order valence-corrected chi connectivity index (χ2v) is 7.04. The van der Waals surface area contributed by atoms with E-state index in [1.807, 2.05) is 0 Å². The van der Waals surface area contributed by atoms with Crippen LogP contribution in [0.5, 0.6) is 0 Å². The lowest BCUT2D eigenvalue weighted by Gasteiger charge is -2.53. The molecule has 2 aliphatic rings. The molecule has 0 aliphatic carbocycles. The molecule has 0 saturated carbocycles. The molecule has 13 heteroatoms. The monoisotopic (exact) mass is 454 g/mol. The fourth-order valence-electron chi connectivity index (χ4n) is 3.24. The van der Waals surface area contributed by atoms with Gasteiger partial charge < -0.3 is 59.8 Å². The van der Waals surface area contributed by atoms with Crippen LogP contribution in [0.15, 0.2) is 25.3 Å². The van der Waals surface area contributed by atoms with Crippen molar-refractivity contribution in [2.24, 2.45) is 0 Å². The van der Waals surface area contributed by atoms with E-state index in [0.717, 1.165) is 0 Å². The van der Waals surface area contributed by atoms with Crippen LogP contribution < -0.4 is 0 Å². The minimum absolute atomic E-state index is 0.361. The summed E-state index contributed by atoms with van der Waals surface area (Å²) in [5.41, 5.74) is 0. The molecule has 0 unspecified atom stereocenters. The lowest BCUT2D eigenvalue weighted by Crippen LogP contribution is -2.74. The highest BCUT2D eigenvalue weighted by Gasteiger charge is 2.65. The van der Waals surface area contributed by atoms with Crippen LogP contribution in [0.3, 0.4) is 0 Å². The fraction of sp³-hybridized carbons (Fsp3) is 0.778. The van der Waals surface area contributed by atoms with Crippen LogP contribution in [0, 0.1) is 0 Å². The van der Waals surface area contributed by atoms with E-state index in [4.69, 9.17) is 23.7 Å². The van der Waals surface area contributed by atoms with Gasteiger partial charge in [0.05, 0.1) is 26.4 Å². The molecule has 2 aliphatic heterocycles. The Balaban J connectivity index is 2.53. The maximum Gasteiger partial charge on any atom is 0.318 e. The van der Waals surface area contributed by atoms with Crippen LogP contribution in [0.1, 0.15) is 0 Å². The van der Waals surface area contributed by atoms with Gasteiger partial charge in [0, 0.05) is 0 Å². The lowest BCUT2D eigenvalue weighted by atomic mass is 9.96. The third-order valence-electron chi connectivity index (χ3n) is 4.91. The topological polar surface area (TPSA) is 208 Å². The highest BCUT2D eigenvalue weighted by atomic mass is 17.0. The maximum atomic E-state index is 10.6. The quantitative estimate of drug-likeness (QED) is 0.116. The number of rotatable bonds is 10. The van der Waals surface area contributed by atoms with Gasteiger partial charge in [0.25, 0.3) is 0 Å². The number of ether oxygens (including phenoxy) is 5. The van der Waals surface area contributed by atoms with Crippen molar-refractivity contribution in [3.8, 4) is 0 Å². The summed E-state index contributed by atoms with van der Waals surface area (Å²) in [4.78, 5) is 0. The Bertz CT molecular complexity index is 551. The van der Waals surface area contributed by atoms with E-state index in [1.54, 1.807) is 0 Å². The van der Waals surface area contributed by atoms with Crippen LogP contribution >= 0.6 is 0 Å². The molecular formula is C18H30O13. The minimum atomic E-state index is -2.73. The van der Waals surface area contributed by atoms with Crippen molar-refractivity contribution in [2.45, 2.75) is 60.8 Å². The molecule has 0 spiro atoms. The van der Waals surface area contributed by atoms with Crippen LogP contribution in [-0.4, -0.2) is 128 Å². The van der Waals surface area contributed by atoms with E-state index in [9.17, 15) is 40.9 Å². The zero-order valence-corrected chi connectivity index (χ0v) is 16.6. The van der Waals surface area contributed by atoms with Gasteiger partial charge in [-0.05, 0) is 0 Å². The molecule has 0 aromatic carbocycles. The van der Waals surface area contributed by atoms with Gasteiger partial charge >= 0.3 is 11.9 Å². The molecule has 0 aromatic rings. The average Bonchev–Trinajstić information content (AvgIpc) is 2.78. The summed E-state index contributed by atoms with van der Waals surface area (Å²) in [6.45, 7) is 4.49. The molecule has 0 bridgehead atoms. The van der Waals surface area contributed by atoms with Gasteiger partial charge in [0.1, 0.15) is 36.6 Å². The van der Waals surface area contributed by atoms with Gasteiger partial charge in [-0.25, -0.2) is 0 Å². The van der Waals surface area contributed by atoms with E-state index in [0.29, 0.717) is 0 Å². The van der Waals surface area contributed by atoms with Crippen LogP contribution in [-0.2, 0) is 23.7 Å². The van der Waals surface area contributed by atoms with Crippen molar-refractivity contribution in [3.63, 3.8) is 0 Å². The second kappa shape index (κ2) is 10.7. The summed E-state index contributed by atoms with van der Waals surface area (Å²) in [6, 6.07) is 0. The van der Waals surface area contributed by atoms with Gasteiger partial charge in [-0.15, -0.1) is 13.2 Å². The van der Waals surface area contributed by atoms with E-state index in [-0.39, 0.29) is 13.2 Å². The summed E-state index contributed by atoms with van der Waals surface area (Å²) in [6.07, 6.45) is -12.3. The predicted molar refractivity (Wildman–Crippen MR) is 98.8 cm³/mol. The normalized spacial score (nSPS) is 45.9. The van der Waals surface area contributed by atoms with Gasteiger partial charge in [-0.3, -0.25) is 4.74 Å². The Kier molecular flexibility index (Phi) is 9.06. The average molecular weight is 454 g/mol. The smallest absolute Gasteiger partial charge is 0.318 e. The van der Waals surface area contributed by atoms with Gasteiger partial charge in [-0.1, -0.05) is 12.2 Å². The minimum Gasteiger partial charge on any atom is -0.394 e. The summed E-state index contributed by atoms with van der Waals surface area (Å²) in [7, 11) is 0. The Morgan fingerprint density at radius 2 is 1.03 bits per heavy atom. The first kappa shape index (κ1) is 26.2. The van der Waals surface area contributed by atoms with Crippen molar-refractivity contribution < 1.29 is 64.5 Å². The summed E-state index contributed by atoms with van der Waals surface area (Å²) < 4.78 is 27.1. The van der Waals surface area contributed by atoms with Crippen molar-refractivity contribution in [1.29, 1.82) is 0 Å². The van der Waals surface area contributed by atoms with Crippen molar-refractivity contribution in [1.82, 2.24) is 0 Å². The van der Waals surface area contributed by atoms with E-state index < -0.39 is 74.0 Å². The first-order valence-corrected chi connectivity index (χ1v) is 9.48. The molecule has 0 aromatic heterocycles. The van der Waals surface area contributed by atoms with Crippen LogP contribution in [0.2, 0.25) is 0 Å². The Labute approximate surface area is 177 Å². The zero-order valence-electron chi connectivity index (χ0n) is 16.6. The third-order valence-corrected chi connectivity index (χ3v) is 4.91. The van der Waals surface area contributed by atoms with E-state index in [2.05, 4.69) is 13.2 Å². The van der Waals surface area contributed by atoms with Crippen LogP contribution in [0.25, 0.3) is 0 Å². The molecule has 8 N–H and O–H groups in total. The highest BCUT2D eigenvalue weighted by Crippen LogP contribution is 2.41. The van der Waals surface area contributed by atoms with Gasteiger partial charge in [-0.2, -0.15) is 0 Å². The van der Waals surface area contributed by atoms with Crippen LogP contribution in [0.4, 0.5) is 0 Å². The summed E-state index contributed by atoms with van der Waals surface area (Å²) in [5.74, 6) is -5.46. The molecule has 180 valence electrons. The molecule has 2 saturated heterocycles. The molecule has 2 rings (SSSR count). The highest BCUT2D eigenvalue weighted by molar-refractivity contribution is 4.98. The molecule has 31 heavy (non-hydrogen) atoms. The van der Waals surface area contributed by atoms with Gasteiger partial charge in [0.15, 0.2) is 12.2 Å². The molecule has 0 radical (unpaired) electrons. The molecule has 10 atom stereocenters. The summed E-state index contributed by atoms with van der Waals surface area (Å²) in [5, 5.41) is 80.8. The predicted octanol–water partition coefficient (Wildman–Crippen LogP) is -4.34. The third kappa shape index (κ3) is 4.99. The van der Waals surface area contributed by atoms with Crippen molar-refractivity contribution >= 4 is 0 Å². The molecule has 0 amide bonds. The number of hydrogen-bond donors (Lipinski definition) is 8. The van der Waals surface area contributed by atoms with Gasteiger partial charge in [0.2, 0.25) is 0 Å². The molecule has 2 fully saturated rings. The van der Waals surface area contributed by atoms with E-state index >= 15 is 0 Å². The standard InChI is InChI=1S/C18H30O13/c1-3-5-27-17(15(25)13(23)11(21)9(7-19)29-17)31-18(28-6-4-2)16(26)14(24)12(22)10(8-20)30-18/h3-4,9-16,19-26H,1-2,5-8H2/t9-,10-,11-,12-,13+,14+,15-,16-,17+,18+/m1/s1. The largest absolute Gasteiger partial charge is 0.394 e. The maximum absolute atomic E-state index is 10.6. The van der Waals surface area contributed by atoms with E-state index in [1.165, 1.54) is 12.2 Å². The molecular weight excluding hydrogens is 424 g/mol. The Morgan fingerprint density at radius 3 is 1.32 bits per heavy atom. The second-order valence-electron chi connectivity index (χ2n) is 7.04. The zero-order chi connectivity index (χ0) is 23.4. The molecule has 13 nitrogen and oxygen atoms in total. The Morgan fingerprint density at radius 1 is 0.677 bits per heavy atom. The number of aliphatic hydroxyl groups is 8. The SMILES string of the molecule is C=CCO[C@]1(O[C@@]2(OCC=C)O[C@H](CO)[C@@H](O)[C@H](O)[C@H]2O)O[C@H](CO)[C@@H](O)[C@H](O)[C@H]1O. The van der Waals surface area contributed by atoms with Crippen molar-refractivity contribution in [3.05, 3.63) is 25.3 Å². The first-order valence-electron chi connectivity index (χ1n) is 9.48. The van der Waals surface area contributed by atoms with Crippen molar-refractivity contribution in [2.75, 3.05) is 26.4 Å². The first-order chi connectivity index (χ1) is 14.6. The lowest BCUT2D eigenvalue weighted by molar-refractivity contribution is -0.566. The number of aliphatic hydroxyl groups excluding tert-OH is 8. The fourth-order valence-corrected chi connectivity index (χ4v) is 3.24.